The summed E-state index contributed by atoms with van der Waals surface area (Å²) >= 11 is 0. The number of ether oxygens (including phenoxy) is 1. The Kier molecular flexibility index (Phi) is 3.15. The Hall–Kier alpha value is -1.61. The number of fused-ring (bicyclic) bond motifs is 1. The summed E-state index contributed by atoms with van der Waals surface area (Å²) in [5.41, 5.74) is 2.23. The van der Waals surface area contributed by atoms with Crippen molar-refractivity contribution >= 4 is 10.9 Å². The molecule has 2 aromatic rings. The summed E-state index contributed by atoms with van der Waals surface area (Å²) in [6.07, 6.45) is 2.30. The number of benzene rings is 1. The van der Waals surface area contributed by atoms with E-state index in [1.165, 1.54) is 17.4 Å². The van der Waals surface area contributed by atoms with Gasteiger partial charge in [0.25, 0.3) is 0 Å². The molecule has 3 heteroatoms. The third-order valence-corrected chi connectivity index (χ3v) is 3.63. The Morgan fingerprint density at radius 2 is 2.28 bits per heavy atom. The van der Waals surface area contributed by atoms with Crippen molar-refractivity contribution in [1.82, 2.24) is 10.3 Å². The maximum atomic E-state index is 5.43. The Morgan fingerprint density at radius 3 is 3.06 bits per heavy atom. The molecule has 1 atom stereocenters. The monoisotopic (exact) mass is 242 g/mol. The first-order valence-corrected chi connectivity index (χ1v) is 6.50. The number of rotatable bonds is 3. The molecule has 1 N–H and O–H groups in total. The third-order valence-electron chi connectivity index (χ3n) is 3.63. The molecule has 0 aliphatic carbocycles. The van der Waals surface area contributed by atoms with Crippen molar-refractivity contribution in [2.75, 3.05) is 20.2 Å². The summed E-state index contributed by atoms with van der Waals surface area (Å²) in [6.45, 7) is 2.24. The molecule has 1 fully saturated rings. The Morgan fingerprint density at radius 1 is 1.39 bits per heavy atom. The highest BCUT2D eigenvalue weighted by Gasteiger charge is 2.18. The van der Waals surface area contributed by atoms with E-state index >= 15 is 0 Å². The van der Waals surface area contributed by atoms with Crippen LogP contribution in [0.5, 0.6) is 5.88 Å². The highest BCUT2D eigenvalue weighted by Crippen LogP contribution is 2.26. The van der Waals surface area contributed by atoms with Gasteiger partial charge in [-0.2, -0.15) is 0 Å². The molecule has 1 aliphatic rings. The van der Waals surface area contributed by atoms with E-state index in [1.807, 2.05) is 12.1 Å². The lowest BCUT2D eigenvalue weighted by Crippen LogP contribution is -2.11. The maximum absolute atomic E-state index is 5.43. The molecule has 0 amide bonds. The average molecular weight is 242 g/mol. The van der Waals surface area contributed by atoms with Crippen molar-refractivity contribution in [2.24, 2.45) is 5.92 Å². The summed E-state index contributed by atoms with van der Waals surface area (Å²) in [4.78, 5) is 4.59. The first-order valence-electron chi connectivity index (χ1n) is 6.50. The smallest absolute Gasteiger partial charge is 0.216 e. The number of para-hydroxylation sites is 1. The quantitative estimate of drug-likeness (QED) is 0.897. The first-order chi connectivity index (χ1) is 8.86. The summed E-state index contributed by atoms with van der Waals surface area (Å²) in [6, 6.07) is 10.4. The standard InChI is InChI=1S/C15H18N2O/c1-18-15-13(8-11-6-7-16-10-11)9-12-4-2-3-5-14(12)17-15/h2-5,9,11,16H,6-8,10H2,1H3. The lowest BCUT2D eigenvalue weighted by Gasteiger charge is -2.12. The molecule has 0 bridgehead atoms. The minimum atomic E-state index is 0.710. The molecule has 1 unspecified atom stereocenters. The van der Waals surface area contributed by atoms with Gasteiger partial charge in [-0.05, 0) is 44.0 Å². The summed E-state index contributed by atoms with van der Waals surface area (Å²) in [7, 11) is 1.70. The molecule has 3 nitrogen and oxygen atoms in total. The Bertz CT molecular complexity index is 547. The zero-order chi connectivity index (χ0) is 12.4. The molecule has 94 valence electrons. The van der Waals surface area contributed by atoms with Crippen LogP contribution < -0.4 is 10.1 Å². The van der Waals surface area contributed by atoms with Gasteiger partial charge < -0.3 is 10.1 Å². The number of hydrogen-bond acceptors (Lipinski definition) is 3. The van der Waals surface area contributed by atoms with Crippen LogP contribution in [0.1, 0.15) is 12.0 Å². The summed E-state index contributed by atoms with van der Waals surface area (Å²) < 4.78 is 5.43. The lowest BCUT2D eigenvalue weighted by atomic mass is 9.98. The van der Waals surface area contributed by atoms with Crippen LogP contribution in [0.2, 0.25) is 0 Å². The normalized spacial score (nSPS) is 19.3. The lowest BCUT2D eigenvalue weighted by molar-refractivity contribution is 0.390. The van der Waals surface area contributed by atoms with Crippen LogP contribution >= 0.6 is 0 Å². The largest absolute Gasteiger partial charge is 0.481 e. The molecule has 2 heterocycles. The fourth-order valence-corrected chi connectivity index (χ4v) is 2.66. The molecular weight excluding hydrogens is 224 g/mol. The van der Waals surface area contributed by atoms with Crippen molar-refractivity contribution in [3.8, 4) is 5.88 Å². The molecule has 0 spiro atoms. The van der Waals surface area contributed by atoms with Gasteiger partial charge >= 0.3 is 0 Å². The van der Waals surface area contributed by atoms with E-state index < -0.39 is 0 Å². The van der Waals surface area contributed by atoms with Crippen LogP contribution in [0.15, 0.2) is 30.3 Å². The van der Waals surface area contributed by atoms with Crippen LogP contribution in [0, 0.1) is 5.92 Å². The van der Waals surface area contributed by atoms with E-state index in [-0.39, 0.29) is 0 Å². The zero-order valence-electron chi connectivity index (χ0n) is 10.6. The molecule has 3 rings (SSSR count). The van der Waals surface area contributed by atoms with Gasteiger partial charge in [0.1, 0.15) is 0 Å². The molecule has 1 saturated heterocycles. The molecular formula is C15H18N2O. The topological polar surface area (TPSA) is 34.1 Å². The van der Waals surface area contributed by atoms with Gasteiger partial charge in [0.2, 0.25) is 5.88 Å². The van der Waals surface area contributed by atoms with Gasteiger partial charge in [-0.15, -0.1) is 0 Å². The van der Waals surface area contributed by atoms with E-state index in [0.717, 1.165) is 30.9 Å². The van der Waals surface area contributed by atoms with E-state index in [4.69, 9.17) is 4.74 Å². The van der Waals surface area contributed by atoms with E-state index in [1.54, 1.807) is 7.11 Å². The molecule has 1 aromatic heterocycles. The number of nitrogens with one attached hydrogen (secondary N) is 1. The van der Waals surface area contributed by atoms with E-state index in [2.05, 4.69) is 28.5 Å². The van der Waals surface area contributed by atoms with Gasteiger partial charge in [-0.1, -0.05) is 18.2 Å². The predicted molar refractivity (Wildman–Crippen MR) is 73.0 cm³/mol. The number of methoxy groups -OCH3 is 1. The second kappa shape index (κ2) is 4.94. The van der Waals surface area contributed by atoms with Gasteiger partial charge in [-0.3, -0.25) is 0 Å². The number of hydrogen-bond donors (Lipinski definition) is 1. The van der Waals surface area contributed by atoms with Crippen LogP contribution in [0.4, 0.5) is 0 Å². The third kappa shape index (κ3) is 2.18. The fraction of sp³-hybridized carbons (Fsp3) is 0.400. The second-order valence-corrected chi connectivity index (χ2v) is 4.91. The predicted octanol–water partition coefficient (Wildman–Crippen LogP) is 2.40. The van der Waals surface area contributed by atoms with Crippen LogP contribution in [-0.2, 0) is 6.42 Å². The Labute approximate surface area is 107 Å². The number of pyridine rings is 1. The van der Waals surface area contributed by atoms with Gasteiger partial charge in [0, 0.05) is 10.9 Å². The molecule has 18 heavy (non-hydrogen) atoms. The molecule has 0 radical (unpaired) electrons. The van der Waals surface area contributed by atoms with Crippen molar-refractivity contribution < 1.29 is 4.74 Å². The van der Waals surface area contributed by atoms with Crippen molar-refractivity contribution in [3.63, 3.8) is 0 Å². The van der Waals surface area contributed by atoms with Crippen molar-refractivity contribution in [3.05, 3.63) is 35.9 Å². The van der Waals surface area contributed by atoms with Crippen LogP contribution in [0.25, 0.3) is 10.9 Å². The van der Waals surface area contributed by atoms with Crippen LogP contribution in [-0.4, -0.2) is 25.2 Å². The number of aromatic nitrogens is 1. The van der Waals surface area contributed by atoms with E-state index in [0.29, 0.717) is 5.92 Å². The minimum Gasteiger partial charge on any atom is -0.481 e. The van der Waals surface area contributed by atoms with Crippen LogP contribution in [0.3, 0.4) is 0 Å². The van der Waals surface area contributed by atoms with Crippen molar-refractivity contribution in [1.29, 1.82) is 0 Å². The van der Waals surface area contributed by atoms with Gasteiger partial charge in [0.15, 0.2) is 0 Å². The fourth-order valence-electron chi connectivity index (χ4n) is 2.66. The summed E-state index contributed by atoms with van der Waals surface area (Å²) in [5, 5.41) is 4.60. The Balaban J connectivity index is 1.97. The molecule has 0 saturated carbocycles. The highest BCUT2D eigenvalue weighted by atomic mass is 16.5. The molecule has 1 aromatic carbocycles. The van der Waals surface area contributed by atoms with Crippen molar-refractivity contribution in [2.45, 2.75) is 12.8 Å². The average Bonchev–Trinajstić information content (AvgIpc) is 2.91. The summed E-state index contributed by atoms with van der Waals surface area (Å²) in [5.74, 6) is 1.49. The molecule has 1 aliphatic heterocycles. The second-order valence-electron chi connectivity index (χ2n) is 4.91. The minimum absolute atomic E-state index is 0.710. The SMILES string of the molecule is COc1nc2ccccc2cc1CC1CCNC1. The highest BCUT2D eigenvalue weighted by molar-refractivity contribution is 5.80. The maximum Gasteiger partial charge on any atom is 0.216 e. The van der Waals surface area contributed by atoms with Gasteiger partial charge in [-0.25, -0.2) is 4.98 Å². The van der Waals surface area contributed by atoms with E-state index in [9.17, 15) is 0 Å². The first kappa shape index (κ1) is 11.5. The zero-order valence-corrected chi connectivity index (χ0v) is 10.6. The van der Waals surface area contributed by atoms with Gasteiger partial charge in [0.05, 0.1) is 12.6 Å². The number of nitrogens with zero attached hydrogens (tertiary/aromatic N) is 1.